The number of hydrogen-bond acceptors (Lipinski definition) is 3. The van der Waals surface area contributed by atoms with Crippen molar-refractivity contribution in [2.75, 3.05) is 27.3 Å². The number of likely N-dealkylation sites (N-methyl/N-ethyl adjacent to an activating group) is 1. The minimum absolute atomic E-state index is 0.0869. The molecular weight excluding hydrogens is 166 g/mol. The molecule has 0 aliphatic carbocycles. The number of Topliss-reactive ketones (excluding diaryl/α,β-unsaturated/α-hetero) is 1. The number of hydrogen-bond donors (Lipinski definition) is 0. The van der Waals surface area contributed by atoms with Crippen molar-refractivity contribution >= 4 is 5.78 Å². The molecule has 76 valence electrons. The van der Waals surface area contributed by atoms with E-state index < -0.39 is 0 Å². The zero-order chi connectivity index (χ0) is 9.84. The van der Waals surface area contributed by atoms with Gasteiger partial charge in [-0.3, -0.25) is 9.69 Å². The Morgan fingerprint density at radius 2 is 1.92 bits per heavy atom. The molecule has 1 aliphatic heterocycles. The van der Waals surface area contributed by atoms with Crippen LogP contribution in [0.25, 0.3) is 0 Å². The molecule has 1 heterocycles. The predicted molar refractivity (Wildman–Crippen MR) is 51.7 cm³/mol. The normalized spacial score (nSPS) is 21.8. The predicted octanol–water partition coefficient (Wildman–Crippen LogP) is 0.932. The lowest BCUT2D eigenvalue weighted by atomic mass is 9.89. The van der Waals surface area contributed by atoms with Crippen LogP contribution in [0.15, 0.2) is 0 Å². The number of carbonyl (C=O) groups is 1. The number of nitrogens with zero attached hydrogens (tertiary/aromatic N) is 1. The molecule has 0 aromatic carbocycles. The van der Waals surface area contributed by atoms with Crippen LogP contribution < -0.4 is 0 Å². The Balaban J connectivity index is 2.57. The Labute approximate surface area is 80.1 Å². The van der Waals surface area contributed by atoms with Gasteiger partial charge in [-0.15, -0.1) is 0 Å². The van der Waals surface area contributed by atoms with Crippen LogP contribution in [-0.2, 0) is 9.53 Å². The lowest BCUT2D eigenvalue weighted by Crippen LogP contribution is -2.43. The van der Waals surface area contributed by atoms with E-state index in [9.17, 15) is 4.79 Å². The minimum Gasteiger partial charge on any atom is -0.381 e. The highest BCUT2D eigenvalue weighted by Crippen LogP contribution is 2.21. The summed E-state index contributed by atoms with van der Waals surface area (Å²) < 4.78 is 5.28. The van der Waals surface area contributed by atoms with Gasteiger partial charge in [-0.25, -0.2) is 0 Å². The van der Waals surface area contributed by atoms with E-state index in [4.69, 9.17) is 4.74 Å². The molecular formula is C10H19NO2. The highest BCUT2D eigenvalue weighted by molar-refractivity contribution is 5.81. The fourth-order valence-corrected chi connectivity index (χ4v) is 2.15. The zero-order valence-corrected chi connectivity index (χ0v) is 8.75. The third-order valence-electron chi connectivity index (χ3n) is 2.69. The van der Waals surface area contributed by atoms with Gasteiger partial charge in [0.1, 0.15) is 5.78 Å². The molecule has 13 heavy (non-hydrogen) atoms. The number of rotatable bonds is 3. The molecule has 0 spiro atoms. The van der Waals surface area contributed by atoms with Crippen molar-refractivity contribution in [3.63, 3.8) is 0 Å². The van der Waals surface area contributed by atoms with Gasteiger partial charge in [0, 0.05) is 13.2 Å². The van der Waals surface area contributed by atoms with Crippen molar-refractivity contribution in [2.45, 2.75) is 25.8 Å². The standard InChI is InChI=1S/C10H19NO2/c1-8(12)10(11(2)3)9-4-6-13-7-5-9/h9-10H,4-7H2,1-3H3. The lowest BCUT2D eigenvalue weighted by Gasteiger charge is -2.32. The summed E-state index contributed by atoms with van der Waals surface area (Å²) in [7, 11) is 3.95. The van der Waals surface area contributed by atoms with E-state index >= 15 is 0 Å². The fraction of sp³-hybridized carbons (Fsp3) is 0.900. The Hall–Kier alpha value is -0.410. The smallest absolute Gasteiger partial charge is 0.147 e. The van der Waals surface area contributed by atoms with Crippen molar-refractivity contribution in [1.82, 2.24) is 4.90 Å². The average Bonchev–Trinajstić information content (AvgIpc) is 2.04. The minimum atomic E-state index is 0.0869. The second-order valence-corrected chi connectivity index (χ2v) is 3.97. The first kappa shape index (κ1) is 10.7. The SMILES string of the molecule is CC(=O)C(C1CCOCC1)N(C)C. The highest BCUT2D eigenvalue weighted by atomic mass is 16.5. The van der Waals surface area contributed by atoms with Gasteiger partial charge in [0.05, 0.1) is 6.04 Å². The number of carbonyl (C=O) groups excluding carboxylic acids is 1. The summed E-state index contributed by atoms with van der Waals surface area (Å²) in [6.45, 7) is 3.30. The second-order valence-electron chi connectivity index (χ2n) is 3.97. The van der Waals surface area contributed by atoms with Gasteiger partial charge in [0.2, 0.25) is 0 Å². The molecule has 0 N–H and O–H groups in total. The maximum Gasteiger partial charge on any atom is 0.147 e. The van der Waals surface area contributed by atoms with Crippen LogP contribution in [0.5, 0.6) is 0 Å². The van der Waals surface area contributed by atoms with Gasteiger partial charge < -0.3 is 4.74 Å². The molecule has 3 heteroatoms. The van der Waals surface area contributed by atoms with Crippen molar-refractivity contribution < 1.29 is 9.53 Å². The number of ketones is 1. The van der Waals surface area contributed by atoms with Gasteiger partial charge in [-0.1, -0.05) is 0 Å². The maximum absolute atomic E-state index is 11.4. The van der Waals surface area contributed by atoms with E-state index in [1.54, 1.807) is 6.92 Å². The fourth-order valence-electron chi connectivity index (χ4n) is 2.15. The molecule has 1 aliphatic rings. The maximum atomic E-state index is 11.4. The van der Waals surface area contributed by atoms with Crippen molar-refractivity contribution in [3.05, 3.63) is 0 Å². The van der Waals surface area contributed by atoms with E-state index in [2.05, 4.69) is 0 Å². The van der Waals surface area contributed by atoms with Crippen LogP contribution in [0.1, 0.15) is 19.8 Å². The molecule has 1 saturated heterocycles. The first-order chi connectivity index (χ1) is 6.13. The van der Waals surface area contributed by atoms with Crippen LogP contribution in [0, 0.1) is 5.92 Å². The lowest BCUT2D eigenvalue weighted by molar-refractivity contribution is -0.124. The third-order valence-corrected chi connectivity index (χ3v) is 2.69. The van der Waals surface area contributed by atoms with E-state index in [1.165, 1.54) is 0 Å². The Kier molecular flexibility index (Phi) is 3.88. The molecule has 1 atom stereocenters. The Morgan fingerprint density at radius 3 is 2.31 bits per heavy atom. The molecule has 0 bridgehead atoms. The van der Waals surface area contributed by atoms with Gasteiger partial charge in [-0.2, -0.15) is 0 Å². The summed E-state index contributed by atoms with van der Waals surface area (Å²) in [6.07, 6.45) is 2.03. The van der Waals surface area contributed by atoms with Gasteiger partial charge in [0.15, 0.2) is 0 Å². The largest absolute Gasteiger partial charge is 0.381 e. The summed E-state index contributed by atoms with van der Waals surface area (Å²) in [5, 5.41) is 0. The molecule has 1 unspecified atom stereocenters. The van der Waals surface area contributed by atoms with Crippen LogP contribution >= 0.6 is 0 Å². The zero-order valence-electron chi connectivity index (χ0n) is 8.75. The summed E-state index contributed by atoms with van der Waals surface area (Å²) in [5.41, 5.74) is 0. The molecule has 0 radical (unpaired) electrons. The van der Waals surface area contributed by atoms with Crippen molar-refractivity contribution in [3.8, 4) is 0 Å². The molecule has 0 aromatic rings. The third kappa shape index (κ3) is 2.78. The molecule has 0 saturated carbocycles. The first-order valence-corrected chi connectivity index (χ1v) is 4.87. The molecule has 1 fully saturated rings. The highest BCUT2D eigenvalue weighted by Gasteiger charge is 2.28. The molecule has 1 rings (SSSR count). The molecule has 0 aromatic heterocycles. The van der Waals surface area contributed by atoms with E-state index in [-0.39, 0.29) is 11.8 Å². The van der Waals surface area contributed by atoms with Crippen LogP contribution in [-0.4, -0.2) is 44.0 Å². The number of ether oxygens (including phenoxy) is 1. The van der Waals surface area contributed by atoms with Gasteiger partial charge in [-0.05, 0) is 39.8 Å². The second kappa shape index (κ2) is 4.72. The summed E-state index contributed by atoms with van der Waals surface area (Å²) in [5.74, 6) is 0.762. The molecule has 0 amide bonds. The molecule has 3 nitrogen and oxygen atoms in total. The first-order valence-electron chi connectivity index (χ1n) is 4.87. The quantitative estimate of drug-likeness (QED) is 0.655. The van der Waals surface area contributed by atoms with Crippen LogP contribution in [0.2, 0.25) is 0 Å². The Bertz CT molecular complexity index is 174. The van der Waals surface area contributed by atoms with E-state index in [1.807, 2.05) is 19.0 Å². The van der Waals surface area contributed by atoms with Crippen molar-refractivity contribution in [1.29, 1.82) is 0 Å². The van der Waals surface area contributed by atoms with Gasteiger partial charge in [0.25, 0.3) is 0 Å². The van der Waals surface area contributed by atoms with Crippen LogP contribution in [0.3, 0.4) is 0 Å². The summed E-state index contributed by atoms with van der Waals surface area (Å²) in [6, 6.07) is 0.0869. The van der Waals surface area contributed by atoms with Gasteiger partial charge >= 0.3 is 0 Å². The van der Waals surface area contributed by atoms with E-state index in [0.717, 1.165) is 26.1 Å². The van der Waals surface area contributed by atoms with Crippen molar-refractivity contribution in [2.24, 2.45) is 5.92 Å². The summed E-state index contributed by atoms with van der Waals surface area (Å²) in [4.78, 5) is 13.4. The summed E-state index contributed by atoms with van der Waals surface area (Å²) >= 11 is 0. The van der Waals surface area contributed by atoms with E-state index in [0.29, 0.717) is 5.92 Å². The van der Waals surface area contributed by atoms with Crippen LogP contribution in [0.4, 0.5) is 0 Å². The average molecular weight is 185 g/mol. The topological polar surface area (TPSA) is 29.5 Å². The Morgan fingerprint density at radius 1 is 1.38 bits per heavy atom. The monoisotopic (exact) mass is 185 g/mol.